The standard InChI is InChI=1S/C48H82O7S/c1-3-5-7-9-11-13-15-17-19-21-23-25-27-29-31-33-35-37-42-54-47(49)44-40-39-41-45(56(51,52)53)46(44)48(50)55-43-38-36-34-32-30-28-26-24-22-20-18-16-14-12-10-8-6-4-2/h25-28,39-41H,3-24,29-38,42-43H2,1-2H3,(H,51,52,53)/b27-25+,28-26+. The third-order valence-corrected chi connectivity index (χ3v) is 11.4. The first kappa shape index (κ1) is 51.6. The Kier molecular flexibility index (Phi) is 33.9. The minimum atomic E-state index is -4.77. The monoisotopic (exact) mass is 803 g/mol. The van der Waals surface area contributed by atoms with Crippen LogP contribution in [0.15, 0.2) is 47.4 Å². The molecule has 0 unspecified atom stereocenters. The summed E-state index contributed by atoms with van der Waals surface area (Å²) in [5, 5.41) is 0. The third-order valence-electron chi connectivity index (χ3n) is 10.5. The first-order valence-electron chi connectivity index (χ1n) is 23.1. The summed E-state index contributed by atoms with van der Waals surface area (Å²) in [5.74, 6) is -1.76. The molecule has 8 heteroatoms. The zero-order chi connectivity index (χ0) is 40.8. The second kappa shape index (κ2) is 36.9. The predicted octanol–water partition coefficient (Wildman–Crippen LogP) is 14.9. The smallest absolute Gasteiger partial charge is 0.340 e. The average molecular weight is 803 g/mol. The molecule has 0 amide bonds. The molecule has 0 aromatic heterocycles. The number of benzene rings is 1. The molecule has 0 spiro atoms. The molecule has 0 bridgehead atoms. The molecule has 0 fully saturated rings. The van der Waals surface area contributed by atoms with Crippen molar-refractivity contribution in [3.8, 4) is 0 Å². The fourth-order valence-corrected chi connectivity index (χ4v) is 7.71. The molecule has 0 heterocycles. The summed E-state index contributed by atoms with van der Waals surface area (Å²) in [6, 6.07) is 3.74. The van der Waals surface area contributed by atoms with Crippen molar-refractivity contribution >= 4 is 22.1 Å². The van der Waals surface area contributed by atoms with Crippen LogP contribution in [0.3, 0.4) is 0 Å². The van der Waals surface area contributed by atoms with E-state index in [1.54, 1.807) is 0 Å². The summed E-state index contributed by atoms with van der Waals surface area (Å²) >= 11 is 0. The Morgan fingerprint density at radius 1 is 0.482 bits per heavy atom. The lowest BCUT2D eigenvalue weighted by molar-refractivity contribution is 0.0446. The molecule has 1 aromatic rings. The maximum absolute atomic E-state index is 13.0. The maximum Gasteiger partial charge on any atom is 0.340 e. The van der Waals surface area contributed by atoms with Crippen LogP contribution in [0.2, 0.25) is 0 Å². The van der Waals surface area contributed by atoms with E-state index < -0.39 is 32.5 Å². The molecule has 7 nitrogen and oxygen atoms in total. The molecule has 1 rings (SSSR count). The zero-order valence-corrected chi connectivity index (χ0v) is 36.7. The Balaban J connectivity index is 2.23. The van der Waals surface area contributed by atoms with Crippen molar-refractivity contribution in [1.29, 1.82) is 0 Å². The topological polar surface area (TPSA) is 107 Å². The van der Waals surface area contributed by atoms with Crippen LogP contribution in [0.1, 0.15) is 240 Å². The van der Waals surface area contributed by atoms with Crippen molar-refractivity contribution in [3.63, 3.8) is 0 Å². The van der Waals surface area contributed by atoms with Crippen LogP contribution in [0.25, 0.3) is 0 Å². The summed E-state index contributed by atoms with van der Waals surface area (Å²) in [4.78, 5) is 25.4. The molecular weight excluding hydrogens is 721 g/mol. The summed E-state index contributed by atoms with van der Waals surface area (Å²) < 4.78 is 44.8. The van der Waals surface area contributed by atoms with Gasteiger partial charge in [-0.15, -0.1) is 0 Å². The Morgan fingerprint density at radius 2 is 0.804 bits per heavy atom. The number of hydrogen-bond acceptors (Lipinski definition) is 6. The zero-order valence-electron chi connectivity index (χ0n) is 35.9. The Bertz CT molecular complexity index is 1270. The van der Waals surface area contributed by atoms with Gasteiger partial charge in [-0.3, -0.25) is 4.55 Å². The molecule has 0 saturated heterocycles. The summed E-state index contributed by atoms with van der Waals surface area (Å²) in [7, 11) is -4.77. The second-order valence-corrected chi connectivity index (χ2v) is 17.1. The highest BCUT2D eigenvalue weighted by Gasteiger charge is 2.28. The summed E-state index contributed by atoms with van der Waals surface area (Å²) in [6.07, 6.45) is 47.8. The van der Waals surface area contributed by atoms with E-state index in [9.17, 15) is 22.6 Å². The van der Waals surface area contributed by atoms with E-state index in [1.165, 1.54) is 141 Å². The van der Waals surface area contributed by atoms with E-state index >= 15 is 0 Å². The minimum Gasteiger partial charge on any atom is -0.462 e. The highest BCUT2D eigenvalue weighted by atomic mass is 32.2. The average Bonchev–Trinajstić information content (AvgIpc) is 3.18. The van der Waals surface area contributed by atoms with Gasteiger partial charge in [-0.2, -0.15) is 8.42 Å². The minimum absolute atomic E-state index is 0.0935. The number of carbonyl (C=O) groups excluding carboxylic acids is 2. The molecule has 0 aliphatic heterocycles. The molecule has 0 saturated carbocycles. The first-order chi connectivity index (χ1) is 27.3. The van der Waals surface area contributed by atoms with E-state index in [4.69, 9.17) is 9.47 Å². The van der Waals surface area contributed by atoms with Crippen molar-refractivity contribution in [1.82, 2.24) is 0 Å². The fourth-order valence-electron chi connectivity index (χ4n) is 7.01. The van der Waals surface area contributed by atoms with Gasteiger partial charge in [0.25, 0.3) is 10.1 Å². The maximum atomic E-state index is 13.0. The van der Waals surface area contributed by atoms with Gasteiger partial charge < -0.3 is 9.47 Å². The van der Waals surface area contributed by atoms with Crippen LogP contribution < -0.4 is 0 Å². The van der Waals surface area contributed by atoms with Gasteiger partial charge in [-0.05, 0) is 76.3 Å². The Labute approximate surface area is 344 Å². The van der Waals surface area contributed by atoms with Crippen LogP contribution in [-0.2, 0) is 19.6 Å². The van der Waals surface area contributed by atoms with Crippen LogP contribution >= 0.6 is 0 Å². The molecule has 0 radical (unpaired) electrons. The highest BCUT2D eigenvalue weighted by molar-refractivity contribution is 7.86. The molecule has 1 N–H and O–H groups in total. The van der Waals surface area contributed by atoms with Gasteiger partial charge in [0.2, 0.25) is 0 Å². The van der Waals surface area contributed by atoms with Crippen LogP contribution in [0.4, 0.5) is 0 Å². The Morgan fingerprint density at radius 3 is 1.16 bits per heavy atom. The van der Waals surface area contributed by atoms with Crippen LogP contribution in [-0.4, -0.2) is 38.1 Å². The highest BCUT2D eigenvalue weighted by Crippen LogP contribution is 2.23. The molecule has 322 valence electrons. The van der Waals surface area contributed by atoms with Crippen molar-refractivity contribution in [2.75, 3.05) is 13.2 Å². The van der Waals surface area contributed by atoms with Crippen LogP contribution in [0, 0.1) is 0 Å². The SMILES string of the molecule is CCCCCCCCCCCC/C=C/CCCCCCOC(=O)c1cccc(S(=O)(=O)O)c1C(=O)OCCCCCC/C=C/CCCCCCCCCCCC. The van der Waals surface area contributed by atoms with E-state index in [0.29, 0.717) is 12.8 Å². The number of ether oxygens (including phenoxy) is 2. The van der Waals surface area contributed by atoms with E-state index in [0.717, 1.165) is 70.3 Å². The number of allylic oxidation sites excluding steroid dienone is 4. The Hall–Kier alpha value is -2.45. The predicted molar refractivity (Wildman–Crippen MR) is 234 cm³/mol. The van der Waals surface area contributed by atoms with Crippen molar-refractivity contribution < 1.29 is 32.0 Å². The molecular formula is C48H82O7S. The van der Waals surface area contributed by atoms with Crippen molar-refractivity contribution in [2.24, 2.45) is 0 Å². The largest absolute Gasteiger partial charge is 0.462 e. The lowest BCUT2D eigenvalue weighted by Gasteiger charge is -2.13. The van der Waals surface area contributed by atoms with Gasteiger partial charge >= 0.3 is 11.9 Å². The third kappa shape index (κ3) is 28.9. The van der Waals surface area contributed by atoms with Gasteiger partial charge in [0, 0.05) is 0 Å². The summed E-state index contributed by atoms with van der Waals surface area (Å²) in [5.41, 5.74) is -0.695. The molecule has 56 heavy (non-hydrogen) atoms. The molecule has 1 aromatic carbocycles. The lowest BCUT2D eigenvalue weighted by atomic mass is 10.1. The van der Waals surface area contributed by atoms with Crippen molar-refractivity contribution in [3.05, 3.63) is 53.6 Å². The van der Waals surface area contributed by atoms with E-state index in [1.807, 2.05) is 0 Å². The molecule has 0 aliphatic carbocycles. The van der Waals surface area contributed by atoms with Crippen LogP contribution in [0.5, 0.6) is 0 Å². The number of hydrogen-bond donors (Lipinski definition) is 1. The van der Waals surface area contributed by atoms with Gasteiger partial charge in [0.1, 0.15) is 4.90 Å². The molecule has 0 aliphatic rings. The van der Waals surface area contributed by atoms with E-state index in [2.05, 4.69) is 38.2 Å². The van der Waals surface area contributed by atoms with Crippen molar-refractivity contribution in [2.45, 2.75) is 224 Å². The number of rotatable bonds is 39. The van der Waals surface area contributed by atoms with E-state index in [-0.39, 0.29) is 18.8 Å². The fraction of sp³-hybridized carbons (Fsp3) is 0.750. The number of esters is 2. The van der Waals surface area contributed by atoms with Gasteiger partial charge in [0.05, 0.1) is 24.3 Å². The van der Waals surface area contributed by atoms with Gasteiger partial charge in [-0.25, -0.2) is 9.59 Å². The van der Waals surface area contributed by atoms with Gasteiger partial charge in [-0.1, -0.05) is 185 Å². The lowest BCUT2D eigenvalue weighted by Crippen LogP contribution is -2.19. The summed E-state index contributed by atoms with van der Waals surface area (Å²) in [6.45, 7) is 4.78. The first-order valence-corrected chi connectivity index (χ1v) is 24.5. The second-order valence-electron chi connectivity index (χ2n) is 15.7. The normalized spacial score (nSPS) is 11.9. The number of carbonyl (C=O) groups is 2. The quantitative estimate of drug-likeness (QED) is 0.0306. The number of unbranched alkanes of at least 4 members (excludes halogenated alkanes) is 28. The molecule has 0 atom stereocenters. The van der Waals surface area contributed by atoms with Gasteiger partial charge in [0.15, 0.2) is 0 Å².